The lowest BCUT2D eigenvalue weighted by atomic mass is 10.2. The van der Waals surface area contributed by atoms with Crippen LogP contribution in [0.25, 0.3) is 0 Å². The molecular formula is C10H18N2O2S. The summed E-state index contributed by atoms with van der Waals surface area (Å²) in [6.45, 7) is 5.35. The second-order valence-electron chi connectivity index (χ2n) is 3.78. The number of rotatable bonds is 4. The molecule has 0 radical (unpaired) electrons. The molecule has 1 saturated heterocycles. The van der Waals surface area contributed by atoms with Crippen molar-refractivity contribution in [3.05, 3.63) is 0 Å². The monoisotopic (exact) mass is 230 g/mol. The molecule has 0 spiro atoms. The van der Waals surface area contributed by atoms with Crippen molar-refractivity contribution in [1.82, 2.24) is 4.90 Å². The van der Waals surface area contributed by atoms with Crippen LogP contribution in [0.3, 0.4) is 0 Å². The van der Waals surface area contributed by atoms with Crippen molar-refractivity contribution in [3.63, 3.8) is 0 Å². The predicted molar refractivity (Wildman–Crippen MR) is 62.7 cm³/mol. The Bertz CT molecular complexity index is 225. The van der Waals surface area contributed by atoms with Gasteiger partial charge in [0.25, 0.3) is 0 Å². The van der Waals surface area contributed by atoms with Crippen LogP contribution >= 0.6 is 11.8 Å². The summed E-state index contributed by atoms with van der Waals surface area (Å²) in [6.07, 6.45) is 1.58. The highest BCUT2D eigenvalue weighted by molar-refractivity contribution is 8.00. The van der Waals surface area contributed by atoms with Crippen molar-refractivity contribution in [2.45, 2.75) is 26.1 Å². The molecule has 0 saturated carbocycles. The molecule has 1 N–H and O–H groups in total. The molecular weight excluding hydrogens is 212 g/mol. The predicted octanol–water partition coefficient (Wildman–Crippen LogP) is 1.00. The first-order valence-corrected chi connectivity index (χ1v) is 6.29. The van der Waals surface area contributed by atoms with E-state index in [1.807, 2.05) is 18.7 Å². The molecule has 4 nitrogen and oxygen atoms in total. The zero-order valence-corrected chi connectivity index (χ0v) is 10.0. The first-order valence-electron chi connectivity index (χ1n) is 5.13. The zero-order valence-electron chi connectivity index (χ0n) is 9.23. The standard InChI is InChI=1S/C10H18N2O2S/c1-8-5-12(6-9(2)14-8)10(13)7-15-4-3-11/h3,8-9,11H,4-7H2,1-2H3/t8-,9+. The number of thioether (sulfide) groups is 1. The minimum absolute atomic E-state index is 0.130. The first kappa shape index (κ1) is 12.5. The fourth-order valence-electron chi connectivity index (χ4n) is 1.68. The van der Waals surface area contributed by atoms with Crippen molar-refractivity contribution in [2.75, 3.05) is 24.6 Å². The van der Waals surface area contributed by atoms with E-state index in [0.717, 1.165) is 0 Å². The van der Waals surface area contributed by atoms with Crippen LogP contribution in [0.5, 0.6) is 0 Å². The van der Waals surface area contributed by atoms with Crippen LogP contribution in [0, 0.1) is 5.41 Å². The molecule has 0 bridgehead atoms. The summed E-state index contributed by atoms with van der Waals surface area (Å²) in [5, 5.41) is 6.86. The van der Waals surface area contributed by atoms with Gasteiger partial charge in [0.2, 0.25) is 5.91 Å². The smallest absolute Gasteiger partial charge is 0.232 e. The van der Waals surface area contributed by atoms with E-state index < -0.39 is 0 Å². The van der Waals surface area contributed by atoms with Gasteiger partial charge in [-0.05, 0) is 13.8 Å². The lowest BCUT2D eigenvalue weighted by Gasteiger charge is -2.35. The van der Waals surface area contributed by atoms with E-state index in [9.17, 15) is 4.79 Å². The maximum absolute atomic E-state index is 11.7. The molecule has 0 aromatic rings. The number of hydrogen-bond acceptors (Lipinski definition) is 4. The highest BCUT2D eigenvalue weighted by Gasteiger charge is 2.25. The molecule has 1 rings (SSSR count). The Morgan fingerprint density at radius 3 is 2.67 bits per heavy atom. The summed E-state index contributed by atoms with van der Waals surface area (Å²) in [5.74, 6) is 1.24. The van der Waals surface area contributed by atoms with Gasteiger partial charge in [0.15, 0.2) is 0 Å². The number of nitrogens with one attached hydrogen (secondary N) is 1. The van der Waals surface area contributed by atoms with Gasteiger partial charge < -0.3 is 15.0 Å². The quantitative estimate of drug-likeness (QED) is 0.579. The number of nitrogens with zero attached hydrogens (tertiary/aromatic N) is 1. The summed E-state index contributed by atoms with van der Waals surface area (Å²) in [5.41, 5.74) is 0. The lowest BCUT2D eigenvalue weighted by Crippen LogP contribution is -2.48. The van der Waals surface area contributed by atoms with Crippen LogP contribution in [0.15, 0.2) is 0 Å². The van der Waals surface area contributed by atoms with Gasteiger partial charge in [0.1, 0.15) is 0 Å². The van der Waals surface area contributed by atoms with Crippen LogP contribution in [0.2, 0.25) is 0 Å². The van der Waals surface area contributed by atoms with E-state index in [2.05, 4.69) is 0 Å². The minimum atomic E-state index is 0.130. The van der Waals surface area contributed by atoms with E-state index in [4.69, 9.17) is 10.1 Å². The average Bonchev–Trinajstić information content (AvgIpc) is 2.16. The summed E-state index contributed by atoms with van der Waals surface area (Å²) in [7, 11) is 0. The van der Waals surface area contributed by atoms with Crippen molar-refractivity contribution < 1.29 is 9.53 Å². The molecule has 0 unspecified atom stereocenters. The van der Waals surface area contributed by atoms with Gasteiger partial charge in [-0.3, -0.25) is 4.79 Å². The molecule has 1 fully saturated rings. The first-order chi connectivity index (χ1) is 7.13. The third kappa shape index (κ3) is 4.22. The second-order valence-corrected chi connectivity index (χ2v) is 4.81. The summed E-state index contributed by atoms with van der Waals surface area (Å²) in [4.78, 5) is 13.6. The Hall–Kier alpha value is -0.550. The Morgan fingerprint density at radius 2 is 2.13 bits per heavy atom. The molecule has 1 heterocycles. The van der Waals surface area contributed by atoms with Crippen molar-refractivity contribution >= 4 is 23.9 Å². The molecule has 15 heavy (non-hydrogen) atoms. The normalized spacial score (nSPS) is 26.4. The molecule has 0 aromatic carbocycles. The fraction of sp³-hybridized carbons (Fsp3) is 0.800. The Labute approximate surface area is 94.9 Å². The van der Waals surface area contributed by atoms with Gasteiger partial charge >= 0.3 is 0 Å². The molecule has 5 heteroatoms. The van der Waals surface area contributed by atoms with Crippen molar-refractivity contribution in [1.29, 1.82) is 5.41 Å². The minimum Gasteiger partial charge on any atom is -0.372 e. The number of amides is 1. The van der Waals surface area contributed by atoms with Gasteiger partial charge in [-0.25, -0.2) is 0 Å². The Balaban J connectivity index is 2.34. The third-order valence-electron chi connectivity index (χ3n) is 2.20. The van der Waals surface area contributed by atoms with Crippen molar-refractivity contribution in [3.8, 4) is 0 Å². The van der Waals surface area contributed by atoms with Crippen LogP contribution in [0.4, 0.5) is 0 Å². The van der Waals surface area contributed by atoms with Gasteiger partial charge in [-0.1, -0.05) is 0 Å². The molecule has 0 aromatic heterocycles. The molecule has 1 aliphatic heterocycles. The number of ether oxygens (including phenoxy) is 1. The van der Waals surface area contributed by atoms with Crippen molar-refractivity contribution in [2.24, 2.45) is 0 Å². The Morgan fingerprint density at radius 1 is 1.53 bits per heavy atom. The van der Waals surface area contributed by atoms with E-state index in [1.54, 1.807) is 0 Å². The molecule has 1 amide bonds. The number of morpholine rings is 1. The molecule has 86 valence electrons. The summed E-state index contributed by atoms with van der Waals surface area (Å²) >= 11 is 1.48. The topological polar surface area (TPSA) is 53.4 Å². The maximum Gasteiger partial charge on any atom is 0.232 e. The van der Waals surface area contributed by atoms with Gasteiger partial charge in [0.05, 0.1) is 18.0 Å². The zero-order chi connectivity index (χ0) is 11.3. The third-order valence-corrected chi connectivity index (χ3v) is 3.05. The molecule has 0 aliphatic carbocycles. The van der Waals surface area contributed by atoms with E-state index in [1.165, 1.54) is 18.0 Å². The van der Waals surface area contributed by atoms with Crippen LogP contribution in [0.1, 0.15) is 13.8 Å². The summed E-state index contributed by atoms with van der Waals surface area (Å²) in [6, 6.07) is 0. The second kappa shape index (κ2) is 6.12. The summed E-state index contributed by atoms with van der Waals surface area (Å²) < 4.78 is 5.56. The number of carbonyl (C=O) groups is 1. The number of carbonyl (C=O) groups excluding carboxylic acids is 1. The van der Waals surface area contributed by atoms with E-state index >= 15 is 0 Å². The van der Waals surface area contributed by atoms with Gasteiger partial charge in [-0.2, -0.15) is 0 Å². The SMILES string of the molecule is C[C@@H]1CN(C(=O)CSCC=N)C[C@H](C)O1. The largest absolute Gasteiger partial charge is 0.372 e. The molecule has 1 aliphatic rings. The van der Waals surface area contributed by atoms with Crippen LogP contribution in [-0.2, 0) is 9.53 Å². The van der Waals surface area contributed by atoms with Crippen LogP contribution < -0.4 is 0 Å². The fourth-order valence-corrected chi connectivity index (χ4v) is 2.27. The van der Waals surface area contributed by atoms with E-state index in [-0.39, 0.29) is 18.1 Å². The molecule has 2 atom stereocenters. The van der Waals surface area contributed by atoms with Gasteiger partial charge in [0, 0.05) is 25.1 Å². The Kier molecular flexibility index (Phi) is 5.11. The van der Waals surface area contributed by atoms with Gasteiger partial charge in [-0.15, -0.1) is 11.8 Å². The van der Waals surface area contributed by atoms with Crippen LogP contribution in [-0.4, -0.2) is 53.8 Å². The highest BCUT2D eigenvalue weighted by Crippen LogP contribution is 2.12. The average molecular weight is 230 g/mol. The van der Waals surface area contributed by atoms with E-state index in [0.29, 0.717) is 24.6 Å². The maximum atomic E-state index is 11.7. The highest BCUT2D eigenvalue weighted by atomic mass is 32.2. The lowest BCUT2D eigenvalue weighted by molar-refractivity contribution is -0.140. The number of hydrogen-bond donors (Lipinski definition) is 1.